The van der Waals surface area contributed by atoms with Gasteiger partial charge in [0.25, 0.3) is 0 Å². The molecule has 1 saturated heterocycles. The third-order valence-electron chi connectivity index (χ3n) is 3.83. The van der Waals surface area contributed by atoms with E-state index in [0.717, 1.165) is 0 Å². The van der Waals surface area contributed by atoms with Gasteiger partial charge < -0.3 is 4.74 Å². The summed E-state index contributed by atoms with van der Waals surface area (Å²) in [6.07, 6.45) is 4.26. The minimum Gasteiger partial charge on any atom is -0.381 e. The molecular formula is C14H18N2O4S. The van der Waals surface area contributed by atoms with Crippen LogP contribution in [0.25, 0.3) is 0 Å². The van der Waals surface area contributed by atoms with Gasteiger partial charge >= 0.3 is 0 Å². The molecule has 0 bridgehead atoms. The van der Waals surface area contributed by atoms with Crippen molar-refractivity contribution < 1.29 is 17.9 Å². The molecule has 114 valence electrons. The second kappa shape index (κ2) is 5.73. The molecule has 1 aliphatic heterocycles. The van der Waals surface area contributed by atoms with Crippen LogP contribution >= 0.6 is 0 Å². The standard InChI is InChI=1S/C14H18N2O4S/c17-14(10-4-7-20-8-5-10)13-9-11(3-6-15-13)16-21(18,19)12-1-2-12/h3,6,9-10,12H,1-2,4-5,7-8H2,(H,15,16). The number of ketones is 1. The van der Waals surface area contributed by atoms with Crippen LogP contribution in [0.15, 0.2) is 18.3 Å². The summed E-state index contributed by atoms with van der Waals surface area (Å²) in [6, 6.07) is 3.10. The summed E-state index contributed by atoms with van der Waals surface area (Å²) >= 11 is 0. The molecule has 0 aromatic carbocycles. The number of Topliss-reactive ketones (excluding diaryl/α,β-unsaturated/α-hetero) is 1. The number of carbonyl (C=O) groups is 1. The summed E-state index contributed by atoms with van der Waals surface area (Å²) < 4.78 is 31.6. The highest BCUT2D eigenvalue weighted by molar-refractivity contribution is 7.93. The van der Waals surface area contributed by atoms with Gasteiger partial charge in [-0.05, 0) is 37.8 Å². The average Bonchev–Trinajstić information content (AvgIpc) is 3.32. The van der Waals surface area contributed by atoms with E-state index in [1.165, 1.54) is 12.3 Å². The van der Waals surface area contributed by atoms with Crippen molar-refractivity contribution in [2.45, 2.75) is 30.9 Å². The number of hydrogen-bond donors (Lipinski definition) is 1. The molecule has 2 aliphatic rings. The second-order valence-electron chi connectivity index (χ2n) is 5.53. The number of carbonyl (C=O) groups excluding carboxylic acids is 1. The normalized spacial score (nSPS) is 20.2. The van der Waals surface area contributed by atoms with E-state index in [4.69, 9.17) is 4.74 Å². The van der Waals surface area contributed by atoms with E-state index in [0.29, 0.717) is 50.3 Å². The molecule has 2 heterocycles. The van der Waals surface area contributed by atoms with Crippen LogP contribution in [0.1, 0.15) is 36.2 Å². The Bertz CT molecular complexity index is 634. The maximum absolute atomic E-state index is 12.4. The van der Waals surface area contributed by atoms with Crippen molar-refractivity contribution in [3.8, 4) is 0 Å². The lowest BCUT2D eigenvalue weighted by molar-refractivity contribution is 0.0541. The molecule has 6 nitrogen and oxygen atoms in total. The number of nitrogens with one attached hydrogen (secondary N) is 1. The monoisotopic (exact) mass is 310 g/mol. The largest absolute Gasteiger partial charge is 0.381 e. The fourth-order valence-corrected chi connectivity index (χ4v) is 3.80. The van der Waals surface area contributed by atoms with Crippen molar-refractivity contribution in [1.29, 1.82) is 0 Å². The number of aromatic nitrogens is 1. The third-order valence-corrected chi connectivity index (χ3v) is 5.70. The van der Waals surface area contributed by atoms with Crippen LogP contribution in [0, 0.1) is 5.92 Å². The van der Waals surface area contributed by atoms with Gasteiger partial charge in [0.15, 0.2) is 5.78 Å². The van der Waals surface area contributed by atoms with Gasteiger partial charge in [-0.1, -0.05) is 0 Å². The molecule has 0 atom stereocenters. The molecule has 2 fully saturated rings. The first kappa shape index (κ1) is 14.5. The molecule has 0 radical (unpaired) electrons. The van der Waals surface area contributed by atoms with Crippen LogP contribution in [-0.4, -0.2) is 37.6 Å². The van der Waals surface area contributed by atoms with Crippen LogP contribution < -0.4 is 4.72 Å². The minimum absolute atomic E-state index is 0.0363. The highest BCUT2D eigenvalue weighted by atomic mass is 32.2. The highest BCUT2D eigenvalue weighted by Gasteiger charge is 2.35. The van der Waals surface area contributed by atoms with Crippen LogP contribution in [-0.2, 0) is 14.8 Å². The molecule has 7 heteroatoms. The third kappa shape index (κ3) is 3.41. The highest BCUT2D eigenvalue weighted by Crippen LogP contribution is 2.30. The fourth-order valence-electron chi connectivity index (χ4n) is 2.42. The lowest BCUT2D eigenvalue weighted by Gasteiger charge is -2.20. The van der Waals surface area contributed by atoms with Crippen LogP contribution in [0.5, 0.6) is 0 Å². The molecule has 1 aromatic rings. The number of nitrogens with zero attached hydrogens (tertiary/aromatic N) is 1. The van der Waals surface area contributed by atoms with Crippen LogP contribution in [0.2, 0.25) is 0 Å². The summed E-state index contributed by atoms with van der Waals surface area (Å²) in [5, 5.41) is -0.291. The van der Waals surface area contributed by atoms with Gasteiger partial charge in [-0.3, -0.25) is 14.5 Å². The number of hydrogen-bond acceptors (Lipinski definition) is 5. The van der Waals surface area contributed by atoms with Crippen molar-refractivity contribution in [2.24, 2.45) is 5.92 Å². The lowest BCUT2D eigenvalue weighted by atomic mass is 9.93. The van der Waals surface area contributed by atoms with Gasteiger partial charge in [-0.15, -0.1) is 0 Å². The maximum atomic E-state index is 12.4. The Labute approximate surface area is 124 Å². The number of ether oxygens (including phenoxy) is 1. The number of anilines is 1. The Morgan fingerprint density at radius 1 is 1.24 bits per heavy atom. The van der Waals surface area contributed by atoms with Crippen LogP contribution in [0.4, 0.5) is 5.69 Å². The van der Waals surface area contributed by atoms with Crippen molar-refractivity contribution >= 4 is 21.5 Å². The Hall–Kier alpha value is -1.47. The van der Waals surface area contributed by atoms with Crippen molar-refractivity contribution in [1.82, 2.24) is 4.98 Å². The lowest BCUT2D eigenvalue weighted by Crippen LogP contribution is -2.24. The Morgan fingerprint density at radius 2 is 1.95 bits per heavy atom. The van der Waals surface area contributed by atoms with E-state index in [-0.39, 0.29) is 17.0 Å². The van der Waals surface area contributed by atoms with Crippen molar-refractivity contribution in [3.63, 3.8) is 0 Å². The average molecular weight is 310 g/mol. The molecule has 3 rings (SSSR count). The molecule has 1 aromatic heterocycles. The molecule has 21 heavy (non-hydrogen) atoms. The first-order valence-corrected chi connectivity index (χ1v) is 8.70. The smallest absolute Gasteiger partial charge is 0.235 e. The summed E-state index contributed by atoms with van der Waals surface area (Å²) in [4.78, 5) is 16.4. The van der Waals surface area contributed by atoms with Crippen LogP contribution in [0.3, 0.4) is 0 Å². The minimum atomic E-state index is -3.32. The van der Waals surface area contributed by atoms with Gasteiger partial charge in [0.05, 0.1) is 10.9 Å². The van der Waals surface area contributed by atoms with Gasteiger partial charge in [0, 0.05) is 25.3 Å². The maximum Gasteiger partial charge on any atom is 0.235 e. The molecular weight excluding hydrogens is 292 g/mol. The first-order valence-electron chi connectivity index (χ1n) is 7.16. The fraction of sp³-hybridized carbons (Fsp3) is 0.571. The molecule has 1 aliphatic carbocycles. The quantitative estimate of drug-likeness (QED) is 0.835. The zero-order valence-corrected chi connectivity index (χ0v) is 12.4. The van der Waals surface area contributed by atoms with Gasteiger partial charge in [0.1, 0.15) is 5.69 Å². The SMILES string of the molecule is O=C(c1cc(NS(=O)(=O)C2CC2)ccn1)C1CCOCC1. The second-order valence-corrected chi connectivity index (χ2v) is 7.49. The predicted molar refractivity (Wildman–Crippen MR) is 77.7 cm³/mol. The van der Waals surface area contributed by atoms with Gasteiger partial charge in [-0.2, -0.15) is 0 Å². The molecule has 1 N–H and O–H groups in total. The van der Waals surface area contributed by atoms with E-state index >= 15 is 0 Å². The summed E-state index contributed by atoms with van der Waals surface area (Å²) in [5.74, 6) is -0.118. The van der Waals surface area contributed by atoms with E-state index in [1.54, 1.807) is 6.07 Å². The van der Waals surface area contributed by atoms with E-state index < -0.39 is 10.0 Å². The predicted octanol–water partition coefficient (Wildman–Crippen LogP) is 1.59. The molecule has 0 spiro atoms. The summed E-state index contributed by atoms with van der Waals surface area (Å²) in [5.41, 5.74) is 0.727. The molecule has 0 unspecified atom stereocenters. The number of rotatable bonds is 5. The zero-order valence-electron chi connectivity index (χ0n) is 11.6. The van der Waals surface area contributed by atoms with Gasteiger partial charge in [0.2, 0.25) is 10.0 Å². The number of sulfonamides is 1. The Morgan fingerprint density at radius 3 is 2.62 bits per heavy atom. The summed E-state index contributed by atoms with van der Waals surface area (Å²) in [7, 11) is -3.32. The first-order chi connectivity index (χ1) is 10.1. The van der Waals surface area contributed by atoms with E-state index in [2.05, 4.69) is 9.71 Å². The topological polar surface area (TPSA) is 85.4 Å². The number of pyridine rings is 1. The van der Waals surface area contributed by atoms with Gasteiger partial charge in [-0.25, -0.2) is 8.42 Å². The zero-order chi connectivity index (χ0) is 14.9. The van der Waals surface area contributed by atoms with E-state index in [9.17, 15) is 13.2 Å². The Balaban J connectivity index is 1.74. The molecule has 1 saturated carbocycles. The van der Waals surface area contributed by atoms with E-state index in [1.807, 2.05) is 0 Å². The Kier molecular flexibility index (Phi) is 3.95. The summed E-state index contributed by atoms with van der Waals surface area (Å²) in [6.45, 7) is 1.18. The molecule has 0 amide bonds. The van der Waals surface area contributed by atoms with Crippen molar-refractivity contribution in [2.75, 3.05) is 17.9 Å². The van der Waals surface area contributed by atoms with Crippen molar-refractivity contribution in [3.05, 3.63) is 24.0 Å².